The van der Waals surface area contributed by atoms with E-state index in [4.69, 9.17) is 4.84 Å². The molecule has 1 aromatic heterocycles. The summed E-state index contributed by atoms with van der Waals surface area (Å²) in [5.41, 5.74) is 2.05. The van der Waals surface area contributed by atoms with Gasteiger partial charge in [0.25, 0.3) is 5.91 Å². The molecule has 1 amide bonds. The number of amides is 1. The predicted octanol–water partition coefficient (Wildman–Crippen LogP) is 2.60. The summed E-state index contributed by atoms with van der Waals surface area (Å²) in [7, 11) is 0. The van der Waals surface area contributed by atoms with Crippen molar-refractivity contribution in [2.24, 2.45) is 11.1 Å². The number of likely N-dealkylation sites (tertiary alicyclic amines) is 1. The van der Waals surface area contributed by atoms with Crippen molar-refractivity contribution in [3.63, 3.8) is 0 Å². The van der Waals surface area contributed by atoms with Gasteiger partial charge in [-0.3, -0.25) is 9.36 Å². The SMILES string of the molecule is CCC1=NOC(C(=O)N2CCC(Cc3nncn3-c3ccccc3)CC2)C1. The Morgan fingerprint density at radius 2 is 2.00 bits per heavy atom. The van der Waals surface area contributed by atoms with Crippen molar-refractivity contribution in [2.45, 2.75) is 45.1 Å². The predicted molar refractivity (Wildman–Crippen MR) is 102 cm³/mol. The molecule has 0 N–H and O–H groups in total. The third kappa shape index (κ3) is 3.86. The second kappa shape index (κ2) is 7.90. The van der Waals surface area contributed by atoms with Crippen LogP contribution in [0.4, 0.5) is 0 Å². The van der Waals surface area contributed by atoms with E-state index in [1.165, 1.54) is 0 Å². The van der Waals surface area contributed by atoms with Crippen LogP contribution in [0.5, 0.6) is 0 Å². The molecular weight excluding hydrogens is 342 g/mol. The Hall–Kier alpha value is -2.70. The lowest BCUT2D eigenvalue weighted by Gasteiger charge is -2.32. The van der Waals surface area contributed by atoms with Crippen molar-refractivity contribution in [3.05, 3.63) is 42.5 Å². The molecule has 142 valence electrons. The number of hydrogen-bond donors (Lipinski definition) is 0. The molecule has 7 heteroatoms. The van der Waals surface area contributed by atoms with E-state index in [2.05, 4.69) is 27.5 Å². The lowest BCUT2D eigenvalue weighted by molar-refractivity contribution is -0.143. The van der Waals surface area contributed by atoms with E-state index in [9.17, 15) is 4.79 Å². The topological polar surface area (TPSA) is 72.6 Å². The van der Waals surface area contributed by atoms with Crippen LogP contribution in [0.3, 0.4) is 0 Å². The molecule has 0 aliphatic carbocycles. The number of rotatable bonds is 5. The van der Waals surface area contributed by atoms with Gasteiger partial charge in [0.1, 0.15) is 12.2 Å². The van der Waals surface area contributed by atoms with Gasteiger partial charge in [-0.25, -0.2) is 0 Å². The van der Waals surface area contributed by atoms with Gasteiger partial charge in [0.15, 0.2) is 0 Å². The van der Waals surface area contributed by atoms with Gasteiger partial charge in [-0.15, -0.1) is 10.2 Å². The van der Waals surface area contributed by atoms with Crippen LogP contribution >= 0.6 is 0 Å². The molecule has 27 heavy (non-hydrogen) atoms. The van der Waals surface area contributed by atoms with Crippen LogP contribution in [-0.2, 0) is 16.1 Å². The number of carbonyl (C=O) groups is 1. The fourth-order valence-electron chi connectivity index (χ4n) is 3.79. The van der Waals surface area contributed by atoms with E-state index >= 15 is 0 Å². The zero-order chi connectivity index (χ0) is 18.6. The van der Waals surface area contributed by atoms with Crippen LogP contribution in [0.15, 0.2) is 41.8 Å². The van der Waals surface area contributed by atoms with E-state index in [1.54, 1.807) is 6.33 Å². The average Bonchev–Trinajstić information content (AvgIpc) is 3.38. The van der Waals surface area contributed by atoms with Crippen LogP contribution in [0.25, 0.3) is 5.69 Å². The minimum atomic E-state index is -0.419. The Labute approximate surface area is 159 Å². The van der Waals surface area contributed by atoms with Crippen LogP contribution in [0, 0.1) is 5.92 Å². The second-order valence-corrected chi connectivity index (χ2v) is 7.23. The molecule has 0 bridgehead atoms. The highest BCUT2D eigenvalue weighted by Gasteiger charge is 2.33. The lowest BCUT2D eigenvalue weighted by atomic mass is 9.92. The van der Waals surface area contributed by atoms with Gasteiger partial charge in [-0.05, 0) is 37.3 Å². The molecule has 4 rings (SSSR count). The summed E-state index contributed by atoms with van der Waals surface area (Å²) in [5.74, 6) is 1.56. The summed E-state index contributed by atoms with van der Waals surface area (Å²) in [6.07, 6.45) is 5.65. The fraction of sp³-hybridized carbons (Fsp3) is 0.500. The lowest BCUT2D eigenvalue weighted by Crippen LogP contribution is -2.44. The molecule has 0 saturated carbocycles. The molecule has 3 heterocycles. The number of nitrogens with zero attached hydrogens (tertiary/aromatic N) is 5. The Kier molecular flexibility index (Phi) is 5.18. The van der Waals surface area contributed by atoms with Crippen molar-refractivity contribution in [3.8, 4) is 5.69 Å². The van der Waals surface area contributed by atoms with Crippen molar-refractivity contribution >= 4 is 11.6 Å². The maximum atomic E-state index is 12.6. The summed E-state index contributed by atoms with van der Waals surface area (Å²) in [4.78, 5) is 19.9. The largest absolute Gasteiger partial charge is 0.382 e. The average molecular weight is 367 g/mol. The standard InChI is InChI=1S/C20H25N5O2/c1-2-16-13-18(27-23-16)20(26)24-10-8-15(9-11-24)12-19-22-21-14-25(19)17-6-4-3-5-7-17/h3-7,14-15,18H,2,8-13H2,1H3. The molecule has 0 spiro atoms. The number of hydrogen-bond acceptors (Lipinski definition) is 5. The van der Waals surface area contributed by atoms with E-state index in [-0.39, 0.29) is 5.91 Å². The highest BCUT2D eigenvalue weighted by Crippen LogP contribution is 2.24. The van der Waals surface area contributed by atoms with Gasteiger partial charge in [0, 0.05) is 31.6 Å². The molecule has 7 nitrogen and oxygen atoms in total. The number of aromatic nitrogens is 3. The smallest absolute Gasteiger partial charge is 0.266 e. The first kappa shape index (κ1) is 17.7. The second-order valence-electron chi connectivity index (χ2n) is 7.23. The summed E-state index contributed by atoms with van der Waals surface area (Å²) >= 11 is 0. The van der Waals surface area contributed by atoms with Gasteiger partial charge in [-0.2, -0.15) is 0 Å². The maximum Gasteiger partial charge on any atom is 0.266 e. The van der Waals surface area contributed by atoms with Crippen molar-refractivity contribution in [1.82, 2.24) is 19.7 Å². The Morgan fingerprint density at radius 3 is 2.70 bits per heavy atom. The molecular formula is C20H25N5O2. The molecule has 0 radical (unpaired) electrons. The first-order chi connectivity index (χ1) is 13.2. The molecule has 2 aliphatic heterocycles. The van der Waals surface area contributed by atoms with E-state index < -0.39 is 6.10 Å². The molecule has 2 aromatic rings. The highest BCUT2D eigenvalue weighted by molar-refractivity contribution is 5.92. The monoisotopic (exact) mass is 367 g/mol. The fourth-order valence-corrected chi connectivity index (χ4v) is 3.79. The van der Waals surface area contributed by atoms with E-state index in [1.807, 2.05) is 34.6 Å². The molecule has 1 unspecified atom stereocenters. The number of benzene rings is 1. The van der Waals surface area contributed by atoms with Crippen molar-refractivity contribution in [2.75, 3.05) is 13.1 Å². The number of piperidine rings is 1. The quantitative estimate of drug-likeness (QED) is 0.814. The van der Waals surface area contributed by atoms with Crippen molar-refractivity contribution in [1.29, 1.82) is 0 Å². The van der Waals surface area contributed by atoms with Crippen LogP contribution in [0.2, 0.25) is 0 Å². The zero-order valence-electron chi connectivity index (χ0n) is 15.6. The number of carbonyl (C=O) groups excluding carboxylic acids is 1. The van der Waals surface area contributed by atoms with Gasteiger partial charge in [-0.1, -0.05) is 30.3 Å². The Bertz CT molecular complexity index is 809. The molecule has 1 saturated heterocycles. The summed E-state index contributed by atoms with van der Waals surface area (Å²) in [6, 6.07) is 10.2. The zero-order valence-corrected chi connectivity index (χ0v) is 15.6. The minimum absolute atomic E-state index is 0.0769. The van der Waals surface area contributed by atoms with Gasteiger partial charge >= 0.3 is 0 Å². The summed E-state index contributed by atoms with van der Waals surface area (Å²) < 4.78 is 2.05. The van der Waals surface area contributed by atoms with Gasteiger partial charge in [0.05, 0.1) is 5.71 Å². The number of para-hydroxylation sites is 1. The Morgan fingerprint density at radius 1 is 1.22 bits per heavy atom. The van der Waals surface area contributed by atoms with Crippen molar-refractivity contribution < 1.29 is 9.63 Å². The molecule has 1 aromatic carbocycles. The minimum Gasteiger partial charge on any atom is -0.382 e. The molecule has 1 fully saturated rings. The normalized spacial score (nSPS) is 20.4. The molecule has 2 aliphatic rings. The number of oxime groups is 1. The van der Waals surface area contributed by atoms with Crippen LogP contribution in [-0.4, -0.2) is 50.5 Å². The summed E-state index contributed by atoms with van der Waals surface area (Å²) in [6.45, 7) is 3.57. The third-order valence-corrected chi connectivity index (χ3v) is 5.46. The van der Waals surface area contributed by atoms with E-state index in [0.717, 1.165) is 56.0 Å². The first-order valence-corrected chi connectivity index (χ1v) is 9.69. The van der Waals surface area contributed by atoms with Crippen LogP contribution < -0.4 is 0 Å². The van der Waals surface area contributed by atoms with Gasteiger partial charge in [0.2, 0.25) is 6.10 Å². The van der Waals surface area contributed by atoms with Crippen LogP contribution in [0.1, 0.15) is 38.4 Å². The Balaban J connectivity index is 1.32. The maximum absolute atomic E-state index is 12.6. The third-order valence-electron chi connectivity index (χ3n) is 5.46. The molecule has 1 atom stereocenters. The van der Waals surface area contributed by atoms with E-state index in [0.29, 0.717) is 12.3 Å². The summed E-state index contributed by atoms with van der Waals surface area (Å²) in [5, 5.41) is 12.4. The van der Waals surface area contributed by atoms with Gasteiger partial charge < -0.3 is 9.74 Å². The first-order valence-electron chi connectivity index (χ1n) is 9.69. The highest BCUT2D eigenvalue weighted by atomic mass is 16.6.